The van der Waals surface area contributed by atoms with Crippen LogP contribution in [0.25, 0.3) is 0 Å². The lowest BCUT2D eigenvalue weighted by Gasteiger charge is -2.08. The number of primary amides is 1. The molecule has 0 bridgehead atoms. The van der Waals surface area contributed by atoms with Gasteiger partial charge in [-0.25, -0.2) is 4.98 Å². The number of nitrogens with zero attached hydrogens (tertiary/aromatic N) is 2. The Bertz CT molecular complexity index is 403. The van der Waals surface area contributed by atoms with E-state index >= 15 is 0 Å². The van der Waals surface area contributed by atoms with Gasteiger partial charge >= 0.3 is 5.97 Å². The number of rotatable bonds is 6. The minimum absolute atomic E-state index is 0.113. The molecule has 1 amide bonds. The molecule has 0 aliphatic carbocycles. The van der Waals surface area contributed by atoms with Crippen LogP contribution < -0.4 is 5.73 Å². The molecule has 7 heteroatoms. The maximum absolute atomic E-state index is 11.3. The van der Waals surface area contributed by atoms with E-state index in [9.17, 15) is 9.59 Å². The summed E-state index contributed by atoms with van der Waals surface area (Å²) in [7, 11) is 3.57. The topological polar surface area (TPSA) is 85.5 Å². The molecule has 0 aliphatic heterocycles. The van der Waals surface area contributed by atoms with Crippen LogP contribution in [0.3, 0.4) is 0 Å². The van der Waals surface area contributed by atoms with Crippen molar-refractivity contribution in [3.63, 3.8) is 0 Å². The molecule has 0 saturated carbocycles. The van der Waals surface area contributed by atoms with Crippen LogP contribution in [0.15, 0.2) is 5.38 Å². The maximum atomic E-state index is 11.3. The molecule has 0 atom stereocenters. The maximum Gasteiger partial charge on any atom is 0.320 e. The van der Waals surface area contributed by atoms with Gasteiger partial charge in [-0.2, -0.15) is 0 Å². The predicted octanol–water partition coefficient (Wildman–Crippen LogP) is -0.224. The zero-order valence-corrected chi connectivity index (χ0v) is 10.6. The van der Waals surface area contributed by atoms with Crippen molar-refractivity contribution in [3.05, 3.63) is 16.1 Å². The Morgan fingerprint density at radius 3 is 2.82 bits per heavy atom. The fraction of sp³-hybridized carbons (Fsp3) is 0.500. The largest absolute Gasteiger partial charge is 0.457 e. The van der Waals surface area contributed by atoms with Gasteiger partial charge in [0.15, 0.2) is 0 Å². The zero-order chi connectivity index (χ0) is 12.8. The number of likely N-dealkylation sites (N-methyl/N-ethyl adjacent to an activating group) is 1. The molecule has 1 rings (SSSR count). The van der Waals surface area contributed by atoms with Gasteiger partial charge in [-0.15, -0.1) is 11.3 Å². The molecule has 94 valence electrons. The van der Waals surface area contributed by atoms with E-state index in [4.69, 9.17) is 10.5 Å². The van der Waals surface area contributed by atoms with Gasteiger partial charge in [0, 0.05) is 5.38 Å². The highest BCUT2D eigenvalue weighted by Crippen LogP contribution is 2.11. The number of hydrogen-bond acceptors (Lipinski definition) is 6. The molecule has 0 saturated heterocycles. The number of hydrogen-bond donors (Lipinski definition) is 1. The highest BCUT2D eigenvalue weighted by molar-refractivity contribution is 7.09. The molecule has 6 nitrogen and oxygen atoms in total. The number of carbonyl (C=O) groups excluding carboxylic acids is 2. The van der Waals surface area contributed by atoms with Gasteiger partial charge in [-0.1, -0.05) is 0 Å². The average molecular weight is 257 g/mol. The van der Waals surface area contributed by atoms with Gasteiger partial charge in [-0.05, 0) is 14.1 Å². The number of aromatic nitrogens is 1. The third kappa shape index (κ3) is 5.41. The van der Waals surface area contributed by atoms with Crippen LogP contribution in [0.5, 0.6) is 0 Å². The van der Waals surface area contributed by atoms with Crippen molar-refractivity contribution in [1.29, 1.82) is 0 Å². The van der Waals surface area contributed by atoms with Crippen LogP contribution in [-0.2, 0) is 27.4 Å². The number of thiazole rings is 1. The van der Waals surface area contributed by atoms with Gasteiger partial charge < -0.3 is 10.5 Å². The molecule has 0 fully saturated rings. The monoisotopic (exact) mass is 257 g/mol. The fourth-order valence-electron chi connectivity index (χ4n) is 1.12. The van der Waals surface area contributed by atoms with Crippen LogP contribution in [0, 0.1) is 0 Å². The first kappa shape index (κ1) is 13.6. The van der Waals surface area contributed by atoms with E-state index in [-0.39, 0.29) is 25.5 Å². The second kappa shape index (κ2) is 6.31. The molecule has 0 unspecified atom stereocenters. The van der Waals surface area contributed by atoms with Crippen molar-refractivity contribution in [1.82, 2.24) is 9.88 Å². The molecule has 1 heterocycles. The Hall–Kier alpha value is -1.47. The summed E-state index contributed by atoms with van der Waals surface area (Å²) >= 11 is 1.34. The number of amides is 1. The molecule has 1 aromatic rings. The van der Waals surface area contributed by atoms with E-state index in [1.807, 2.05) is 0 Å². The molecule has 2 N–H and O–H groups in total. The van der Waals surface area contributed by atoms with Crippen LogP contribution in [0.4, 0.5) is 0 Å². The van der Waals surface area contributed by atoms with E-state index < -0.39 is 5.91 Å². The van der Waals surface area contributed by atoms with Gasteiger partial charge in [-0.3, -0.25) is 14.5 Å². The summed E-state index contributed by atoms with van der Waals surface area (Å²) in [6.45, 7) is 0.371. The Morgan fingerprint density at radius 1 is 1.53 bits per heavy atom. The van der Waals surface area contributed by atoms with Crippen molar-refractivity contribution >= 4 is 23.2 Å². The van der Waals surface area contributed by atoms with E-state index in [0.717, 1.165) is 0 Å². The third-order valence-electron chi connectivity index (χ3n) is 1.76. The summed E-state index contributed by atoms with van der Waals surface area (Å²) in [6.07, 6.45) is 0.113. The minimum atomic E-state index is -0.425. The zero-order valence-electron chi connectivity index (χ0n) is 9.80. The normalized spacial score (nSPS) is 10.5. The summed E-state index contributed by atoms with van der Waals surface area (Å²) in [4.78, 5) is 27.8. The molecule has 0 aromatic carbocycles. The second-order valence-corrected chi connectivity index (χ2v) is 4.72. The predicted molar refractivity (Wildman–Crippen MR) is 63.4 cm³/mol. The molecule has 0 spiro atoms. The van der Waals surface area contributed by atoms with Gasteiger partial charge in [0.05, 0.1) is 18.7 Å². The Labute approximate surface area is 103 Å². The third-order valence-corrected chi connectivity index (χ3v) is 2.63. The summed E-state index contributed by atoms with van der Waals surface area (Å²) in [5.74, 6) is -0.729. The van der Waals surface area contributed by atoms with Crippen LogP contribution in [0.1, 0.15) is 10.7 Å². The van der Waals surface area contributed by atoms with Crippen molar-refractivity contribution in [2.45, 2.75) is 13.0 Å². The lowest BCUT2D eigenvalue weighted by atomic mass is 10.3. The first-order valence-electron chi connectivity index (χ1n) is 4.99. The highest BCUT2D eigenvalue weighted by atomic mass is 32.1. The molecular formula is C10H15N3O3S. The summed E-state index contributed by atoms with van der Waals surface area (Å²) in [5.41, 5.74) is 5.66. The first-order chi connectivity index (χ1) is 7.97. The first-order valence-corrected chi connectivity index (χ1v) is 5.87. The number of esters is 1. The van der Waals surface area contributed by atoms with Crippen LogP contribution in [0.2, 0.25) is 0 Å². The van der Waals surface area contributed by atoms with E-state index in [1.165, 1.54) is 11.3 Å². The minimum Gasteiger partial charge on any atom is -0.457 e. The summed E-state index contributed by atoms with van der Waals surface area (Å²) in [5, 5.41) is 2.40. The molecule has 1 aromatic heterocycles. The smallest absolute Gasteiger partial charge is 0.320 e. The van der Waals surface area contributed by atoms with E-state index in [2.05, 4.69) is 4.98 Å². The van der Waals surface area contributed by atoms with Crippen LogP contribution in [-0.4, -0.2) is 42.4 Å². The second-order valence-electron chi connectivity index (χ2n) is 3.77. The van der Waals surface area contributed by atoms with Gasteiger partial charge in [0.2, 0.25) is 5.91 Å². The standard InChI is InChI=1S/C10H15N3O3S/c1-13(2)4-10(15)16-5-9-12-7(6-17-9)3-8(11)14/h6H,3-5H2,1-2H3,(H2,11,14). The number of carbonyl (C=O) groups is 2. The van der Waals surface area contributed by atoms with Crippen molar-refractivity contribution in [2.24, 2.45) is 5.73 Å². The Balaban J connectivity index is 2.39. The highest BCUT2D eigenvalue weighted by Gasteiger charge is 2.08. The van der Waals surface area contributed by atoms with Crippen molar-refractivity contribution < 1.29 is 14.3 Å². The Morgan fingerprint density at radius 2 is 2.24 bits per heavy atom. The fourth-order valence-corrected chi connectivity index (χ4v) is 1.83. The number of nitrogens with two attached hydrogens (primary N) is 1. The molecule has 0 aliphatic rings. The van der Waals surface area contributed by atoms with E-state index in [0.29, 0.717) is 10.7 Å². The lowest BCUT2D eigenvalue weighted by molar-refractivity contribution is -0.145. The van der Waals surface area contributed by atoms with Gasteiger partial charge in [0.25, 0.3) is 0 Å². The van der Waals surface area contributed by atoms with Crippen molar-refractivity contribution in [2.75, 3.05) is 20.6 Å². The van der Waals surface area contributed by atoms with Crippen molar-refractivity contribution in [3.8, 4) is 0 Å². The molecule has 17 heavy (non-hydrogen) atoms. The molecule has 0 radical (unpaired) electrons. The number of ether oxygens (including phenoxy) is 1. The van der Waals surface area contributed by atoms with Gasteiger partial charge in [0.1, 0.15) is 11.6 Å². The average Bonchev–Trinajstić information content (AvgIpc) is 2.60. The Kier molecular flexibility index (Phi) is 5.05. The SMILES string of the molecule is CN(C)CC(=O)OCc1nc(CC(N)=O)cs1. The van der Waals surface area contributed by atoms with E-state index in [1.54, 1.807) is 24.4 Å². The molecular weight excluding hydrogens is 242 g/mol. The summed E-state index contributed by atoms with van der Waals surface area (Å²) < 4.78 is 5.01. The van der Waals surface area contributed by atoms with Crippen LogP contribution >= 0.6 is 11.3 Å². The quantitative estimate of drug-likeness (QED) is 0.712. The summed E-state index contributed by atoms with van der Waals surface area (Å²) in [6, 6.07) is 0. The lowest BCUT2D eigenvalue weighted by Crippen LogP contribution is -2.23.